The Balaban J connectivity index is 0.00000272. The third kappa shape index (κ3) is 5.43. The molecule has 0 amide bonds. The number of rotatable bonds is 6. The van der Waals surface area contributed by atoms with Crippen LogP contribution in [0.1, 0.15) is 37.3 Å². The van der Waals surface area contributed by atoms with E-state index in [0.717, 1.165) is 43.5 Å². The van der Waals surface area contributed by atoms with E-state index < -0.39 is 20.7 Å². The van der Waals surface area contributed by atoms with Crippen LogP contribution in [0.3, 0.4) is 0 Å². The standard InChI is InChI=1S/C19H19ClFN4O3S2.Na/c1-25-15(6-7-23-25)12-4-2-3-5-16(12)28-17-9-14(21)18(8-13(17)20)30(26,27)24-19-10-29-11-22-19;/h6-12,16H,2-5H2,1H3;/q-1;+1/t12-,16+;/m1./s1. The van der Waals surface area contributed by atoms with Gasteiger partial charge in [-0.05, 0) is 48.1 Å². The molecule has 1 saturated carbocycles. The SMILES string of the molecule is Cn1nccc1[C@H]1CCCC[C@@H]1Oc1cc(F)c(S(=O)(=O)[N-]c2cscn2)cc1Cl.[Na+]. The Morgan fingerprint density at radius 1 is 1.32 bits per heavy atom. The van der Waals surface area contributed by atoms with Gasteiger partial charge >= 0.3 is 29.6 Å². The van der Waals surface area contributed by atoms with E-state index in [-0.39, 0.29) is 58.2 Å². The van der Waals surface area contributed by atoms with Crippen molar-refractivity contribution in [3.05, 3.63) is 56.5 Å². The molecule has 1 aliphatic carbocycles. The number of ether oxygens (including phenoxy) is 1. The first-order chi connectivity index (χ1) is 14.3. The molecule has 0 radical (unpaired) electrons. The normalized spacial score (nSPS) is 18.9. The third-order valence-corrected chi connectivity index (χ3v) is 7.28. The summed E-state index contributed by atoms with van der Waals surface area (Å²) in [6.45, 7) is 0. The molecule has 0 N–H and O–H groups in total. The number of thiazole rings is 1. The van der Waals surface area contributed by atoms with Crippen LogP contribution in [0.25, 0.3) is 4.72 Å². The topological polar surface area (TPSA) is 88.2 Å². The van der Waals surface area contributed by atoms with E-state index in [1.807, 2.05) is 17.8 Å². The Morgan fingerprint density at radius 2 is 2.10 bits per heavy atom. The number of aryl methyl sites for hydroxylation is 1. The molecule has 2 heterocycles. The van der Waals surface area contributed by atoms with E-state index in [2.05, 4.69) is 14.8 Å². The van der Waals surface area contributed by atoms with Crippen molar-refractivity contribution in [2.24, 2.45) is 7.05 Å². The van der Waals surface area contributed by atoms with Gasteiger partial charge in [-0.1, -0.05) is 18.0 Å². The summed E-state index contributed by atoms with van der Waals surface area (Å²) in [6.07, 6.45) is 5.27. The first-order valence-electron chi connectivity index (χ1n) is 9.35. The molecule has 3 aromatic rings. The molecule has 0 unspecified atom stereocenters. The zero-order valence-corrected chi connectivity index (χ0v) is 21.4. The van der Waals surface area contributed by atoms with E-state index in [0.29, 0.717) is 0 Å². The molecule has 160 valence electrons. The van der Waals surface area contributed by atoms with E-state index >= 15 is 0 Å². The third-order valence-electron chi connectivity index (χ3n) is 5.12. The minimum absolute atomic E-state index is 0. The van der Waals surface area contributed by atoms with Crippen molar-refractivity contribution < 1.29 is 47.1 Å². The second-order valence-electron chi connectivity index (χ2n) is 7.05. The average Bonchev–Trinajstić information content (AvgIpc) is 3.36. The summed E-state index contributed by atoms with van der Waals surface area (Å²) in [7, 11) is -2.42. The fraction of sp³-hybridized carbons (Fsp3) is 0.368. The Morgan fingerprint density at radius 3 is 2.77 bits per heavy atom. The van der Waals surface area contributed by atoms with Crippen LogP contribution in [0.2, 0.25) is 5.02 Å². The summed E-state index contributed by atoms with van der Waals surface area (Å²) in [6, 6.07) is 4.00. The molecule has 0 spiro atoms. The maximum atomic E-state index is 14.7. The van der Waals surface area contributed by atoms with Gasteiger partial charge < -0.3 is 14.4 Å². The number of sulfonamides is 1. The van der Waals surface area contributed by atoms with E-state index in [1.54, 1.807) is 6.20 Å². The molecule has 2 aromatic heterocycles. The van der Waals surface area contributed by atoms with Gasteiger partial charge in [-0.2, -0.15) is 16.4 Å². The Hall–Kier alpha value is -1.17. The van der Waals surface area contributed by atoms with Gasteiger partial charge in [-0.25, -0.2) is 12.8 Å². The first kappa shape index (κ1) is 24.5. The van der Waals surface area contributed by atoms with Crippen LogP contribution in [-0.4, -0.2) is 29.3 Å². The number of benzene rings is 1. The van der Waals surface area contributed by atoms with Gasteiger partial charge in [-0.3, -0.25) is 4.68 Å². The minimum Gasteiger partial charge on any atom is -0.488 e. The summed E-state index contributed by atoms with van der Waals surface area (Å²) in [5.74, 6) is -0.771. The van der Waals surface area contributed by atoms with Crippen LogP contribution in [0.5, 0.6) is 5.75 Å². The number of hydrogen-bond donors (Lipinski definition) is 0. The minimum atomic E-state index is -4.30. The molecule has 7 nitrogen and oxygen atoms in total. The predicted octanol–water partition coefficient (Wildman–Crippen LogP) is 2.17. The van der Waals surface area contributed by atoms with Gasteiger partial charge in [-0.15, -0.1) is 0 Å². The van der Waals surface area contributed by atoms with Crippen LogP contribution in [0, 0.1) is 5.82 Å². The summed E-state index contributed by atoms with van der Waals surface area (Å²) in [4.78, 5) is 3.19. The van der Waals surface area contributed by atoms with Crippen molar-refractivity contribution >= 4 is 38.8 Å². The monoisotopic (exact) mass is 492 g/mol. The summed E-state index contributed by atoms with van der Waals surface area (Å²) >= 11 is 7.47. The second-order valence-corrected chi connectivity index (χ2v) is 9.75. The fourth-order valence-corrected chi connectivity index (χ4v) is 5.53. The molecule has 1 aromatic carbocycles. The largest absolute Gasteiger partial charge is 1.00 e. The van der Waals surface area contributed by atoms with Gasteiger partial charge in [0.1, 0.15) is 22.6 Å². The second kappa shape index (κ2) is 10.2. The molecular formula is C19H19ClFN4NaO3S2. The maximum Gasteiger partial charge on any atom is 1.00 e. The van der Waals surface area contributed by atoms with Gasteiger partial charge in [0.15, 0.2) is 0 Å². The maximum absolute atomic E-state index is 14.7. The Labute approximate surface area is 211 Å². The molecule has 31 heavy (non-hydrogen) atoms. The van der Waals surface area contributed by atoms with Gasteiger partial charge in [0.2, 0.25) is 10.0 Å². The molecule has 1 aliphatic rings. The summed E-state index contributed by atoms with van der Waals surface area (Å²) in [5.41, 5.74) is 2.48. The van der Waals surface area contributed by atoms with E-state index in [4.69, 9.17) is 16.3 Å². The molecular weight excluding hydrogens is 474 g/mol. The number of aromatic nitrogens is 3. The molecule has 0 saturated heterocycles. The smallest absolute Gasteiger partial charge is 0.488 e. The summed E-state index contributed by atoms with van der Waals surface area (Å²) < 4.78 is 51.1. The Kier molecular flexibility index (Phi) is 8.04. The number of halogens is 2. The van der Waals surface area contributed by atoms with Crippen molar-refractivity contribution in [2.75, 3.05) is 0 Å². The van der Waals surface area contributed by atoms with Crippen molar-refractivity contribution in [2.45, 2.75) is 42.6 Å². The van der Waals surface area contributed by atoms with Crippen LogP contribution >= 0.6 is 22.9 Å². The van der Waals surface area contributed by atoms with Crippen molar-refractivity contribution in [3.63, 3.8) is 0 Å². The van der Waals surface area contributed by atoms with Gasteiger partial charge in [0.25, 0.3) is 0 Å². The Bertz CT molecular complexity index is 1140. The first-order valence-corrected chi connectivity index (χ1v) is 12.1. The van der Waals surface area contributed by atoms with Crippen LogP contribution in [-0.2, 0) is 17.1 Å². The molecule has 1 fully saturated rings. The number of nitrogens with zero attached hydrogens (tertiary/aromatic N) is 4. The van der Waals surface area contributed by atoms with Gasteiger partial charge in [0, 0.05) is 30.9 Å². The molecule has 12 heteroatoms. The fourth-order valence-electron chi connectivity index (χ4n) is 3.71. The van der Waals surface area contributed by atoms with Crippen LogP contribution in [0.15, 0.2) is 40.2 Å². The van der Waals surface area contributed by atoms with E-state index in [1.165, 1.54) is 22.2 Å². The summed E-state index contributed by atoms with van der Waals surface area (Å²) in [5, 5.41) is 5.69. The molecule has 4 rings (SSSR count). The van der Waals surface area contributed by atoms with Gasteiger partial charge in [0.05, 0.1) is 5.02 Å². The molecule has 0 aliphatic heterocycles. The van der Waals surface area contributed by atoms with Crippen LogP contribution in [0.4, 0.5) is 10.2 Å². The quantitative estimate of drug-likeness (QED) is 0.492. The van der Waals surface area contributed by atoms with Crippen LogP contribution < -0.4 is 34.3 Å². The van der Waals surface area contributed by atoms with Crippen molar-refractivity contribution in [1.29, 1.82) is 0 Å². The van der Waals surface area contributed by atoms with E-state index in [9.17, 15) is 12.8 Å². The predicted molar refractivity (Wildman–Crippen MR) is 113 cm³/mol. The molecule has 2 atom stereocenters. The zero-order valence-electron chi connectivity index (χ0n) is 17.0. The average molecular weight is 493 g/mol. The molecule has 0 bridgehead atoms. The van der Waals surface area contributed by atoms with Crippen molar-refractivity contribution in [1.82, 2.24) is 14.8 Å². The van der Waals surface area contributed by atoms with Crippen molar-refractivity contribution in [3.8, 4) is 5.75 Å². The number of hydrogen-bond acceptors (Lipinski definition) is 6. The zero-order chi connectivity index (χ0) is 21.3.